The minimum absolute atomic E-state index is 0. The summed E-state index contributed by atoms with van der Waals surface area (Å²) in [4.78, 5) is 3.67. The molecule has 0 aliphatic rings. The molecule has 0 unspecified atom stereocenters. The second-order valence-corrected chi connectivity index (χ2v) is 3.44. The van der Waals surface area contributed by atoms with Gasteiger partial charge >= 0.3 is 18.9 Å². The van der Waals surface area contributed by atoms with Gasteiger partial charge in [-0.25, -0.2) is 0 Å². The molecule has 0 aliphatic heterocycles. The van der Waals surface area contributed by atoms with E-state index in [9.17, 15) is 5.11 Å². The molecule has 0 heterocycles. The smallest absolute Gasteiger partial charge is 0.595 e. The Hall–Kier alpha value is -0.393. The molecule has 0 saturated heterocycles. The van der Waals surface area contributed by atoms with Gasteiger partial charge < -0.3 is 9.84 Å². The molecule has 3 nitrogen and oxygen atoms in total. The quantitative estimate of drug-likeness (QED) is 0.166. The van der Waals surface area contributed by atoms with Crippen LogP contribution in [0.25, 0.3) is 0 Å². The van der Waals surface area contributed by atoms with Crippen molar-refractivity contribution in [2.24, 2.45) is 4.99 Å². The third-order valence-corrected chi connectivity index (χ3v) is 0.968. The SMILES string of the molecule is C=CCCN=C([O-])OC(C)(C)C.[Li+]. The zero-order valence-electron chi connectivity index (χ0n) is 8.96. The van der Waals surface area contributed by atoms with Crippen LogP contribution in [0.15, 0.2) is 17.6 Å². The molecule has 0 radical (unpaired) electrons. The summed E-state index contributed by atoms with van der Waals surface area (Å²) in [5.41, 5.74) is -0.450. The first kappa shape index (κ1) is 15.1. The second-order valence-electron chi connectivity index (χ2n) is 3.44. The van der Waals surface area contributed by atoms with Crippen LogP contribution in [0.2, 0.25) is 0 Å². The van der Waals surface area contributed by atoms with Crippen LogP contribution in [0.4, 0.5) is 0 Å². The molecule has 0 saturated carbocycles. The Morgan fingerprint density at radius 1 is 1.54 bits per heavy atom. The summed E-state index contributed by atoms with van der Waals surface area (Å²) in [5.74, 6) is 0. The van der Waals surface area contributed by atoms with Crippen LogP contribution in [-0.2, 0) is 4.74 Å². The number of ether oxygens (including phenoxy) is 1. The Bertz CT molecular complexity index is 173. The van der Waals surface area contributed by atoms with Crippen LogP contribution in [0, 0.1) is 0 Å². The average Bonchev–Trinajstić information content (AvgIpc) is 1.84. The first-order valence-corrected chi connectivity index (χ1v) is 3.97. The van der Waals surface area contributed by atoms with E-state index in [1.807, 2.05) is 20.8 Å². The molecule has 0 aliphatic carbocycles. The van der Waals surface area contributed by atoms with Crippen molar-refractivity contribution in [2.75, 3.05) is 6.54 Å². The topological polar surface area (TPSA) is 44.7 Å². The largest absolute Gasteiger partial charge is 1.00 e. The Kier molecular flexibility index (Phi) is 8.19. The van der Waals surface area contributed by atoms with Gasteiger partial charge in [0.05, 0.1) is 0 Å². The van der Waals surface area contributed by atoms with Gasteiger partial charge in [-0.15, -0.1) is 6.58 Å². The van der Waals surface area contributed by atoms with Gasteiger partial charge in [0.2, 0.25) is 0 Å². The molecule has 13 heavy (non-hydrogen) atoms. The van der Waals surface area contributed by atoms with Crippen LogP contribution < -0.4 is 24.0 Å². The van der Waals surface area contributed by atoms with Gasteiger partial charge in [0.15, 0.2) is 0 Å². The van der Waals surface area contributed by atoms with Gasteiger partial charge in [0, 0.05) is 12.1 Å². The third-order valence-electron chi connectivity index (χ3n) is 0.968. The molecule has 0 fully saturated rings. The minimum atomic E-state index is -0.496. The number of hydrogen-bond donors (Lipinski definition) is 0. The second kappa shape index (κ2) is 7.05. The molecule has 0 spiro atoms. The fourth-order valence-electron chi connectivity index (χ4n) is 0.541. The Balaban J connectivity index is 0. The van der Waals surface area contributed by atoms with Crippen LogP contribution in [-0.4, -0.2) is 18.2 Å². The molecule has 0 aromatic carbocycles. The summed E-state index contributed by atoms with van der Waals surface area (Å²) in [5, 5.41) is 10.9. The van der Waals surface area contributed by atoms with E-state index in [4.69, 9.17) is 4.74 Å². The summed E-state index contributed by atoms with van der Waals surface area (Å²) >= 11 is 0. The summed E-state index contributed by atoms with van der Waals surface area (Å²) in [7, 11) is 0. The van der Waals surface area contributed by atoms with Crippen LogP contribution in [0.3, 0.4) is 0 Å². The van der Waals surface area contributed by atoms with Crippen molar-refractivity contribution in [1.82, 2.24) is 0 Å². The minimum Gasteiger partial charge on any atom is -0.595 e. The summed E-state index contributed by atoms with van der Waals surface area (Å²) in [6.45, 7) is 9.42. The zero-order valence-corrected chi connectivity index (χ0v) is 8.96. The first-order chi connectivity index (χ1) is 5.45. The Morgan fingerprint density at radius 2 is 2.08 bits per heavy atom. The van der Waals surface area contributed by atoms with Gasteiger partial charge in [-0.05, 0) is 6.42 Å². The van der Waals surface area contributed by atoms with Gasteiger partial charge in [0.25, 0.3) is 0 Å². The molecule has 0 amide bonds. The van der Waals surface area contributed by atoms with Crippen LogP contribution in [0.5, 0.6) is 0 Å². The molecule has 0 aromatic heterocycles. The molecule has 0 N–H and O–H groups in total. The van der Waals surface area contributed by atoms with E-state index < -0.39 is 11.7 Å². The maximum absolute atomic E-state index is 10.9. The van der Waals surface area contributed by atoms with E-state index in [1.165, 1.54) is 0 Å². The van der Waals surface area contributed by atoms with Crippen LogP contribution >= 0.6 is 0 Å². The Morgan fingerprint density at radius 3 is 2.46 bits per heavy atom. The van der Waals surface area contributed by atoms with E-state index in [2.05, 4.69) is 11.6 Å². The van der Waals surface area contributed by atoms with Crippen molar-refractivity contribution in [3.8, 4) is 0 Å². The number of nitrogens with zero attached hydrogens (tertiary/aromatic N) is 1. The van der Waals surface area contributed by atoms with E-state index >= 15 is 0 Å². The summed E-state index contributed by atoms with van der Waals surface area (Å²) in [6.07, 6.45) is 1.93. The molecule has 0 aromatic rings. The summed E-state index contributed by atoms with van der Waals surface area (Å²) in [6, 6.07) is 0. The average molecular weight is 177 g/mol. The number of aliphatic imine (C=N–C) groups is 1. The molecular formula is C9H16LiNO2. The van der Waals surface area contributed by atoms with E-state index in [0.29, 0.717) is 13.0 Å². The van der Waals surface area contributed by atoms with Crippen molar-refractivity contribution >= 4 is 6.08 Å². The van der Waals surface area contributed by atoms with Crippen molar-refractivity contribution in [1.29, 1.82) is 0 Å². The fraction of sp³-hybridized carbons (Fsp3) is 0.667. The van der Waals surface area contributed by atoms with E-state index in [-0.39, 0.29) is 18.9 Å². The van der Waals surface area contributed by atoms with Gasteiger partial charge in [0.1, 0.15) is 6.08 Å². The van der Waals surface area contributed by atoms with Crippen LogP contribution in [0.1, 0.15) is 27.2 Å². The molecule has 4 heteroatoms. The van der Waals surface area contributed by atoms with Crippen molar-refractivity contribution in [2.45, 2.75) is 32.8 Å². The predicted octanol–water partition coefficient (Wildman–Crippen LogP) is -1.90. The summed E-state index contributed by atoms with van der Waals surface area (Å²) < 4.78 is 4.94. The van der Waals surface area contributed by atoms with E-state index in [0.717, 1.165) is 0 Å². The number of hydrogen-bond acceptors (Lipinski definition) is 3. The van der Waals surface area contributed by atoms with Crippen molar-refractivity contribution in [3.63, 3.8) is 0 Å². The predicted molar refractivity (Wildman–Crippen MR) is 48.0 cm³/mol. The standard InChI is InChI=1S/C9H17NO2.Li/c1-5-6-7-10-8(11)12-9(2,3)4;/h5H,1,6-7H2,2-4H3,(H,10,11);/q;+1/p-1. The molecule has 0 atom stereocenters. The zero-order chi connectivity index (χ0) is 9.61. The fourth-order valence-corrected chi connectivity index (χ4v) is 0.541. The Labute approximate surface area is 92.1 Å². The van der Waals surface area contributed by atoms with Gasteiger partial charge in [-0.3, -0.25) is 4.99 Å². The monoisotopic (exact) mass is 177 g/mol. The molecule has 70 valence electrons. The first-order valence-electron chi connectivity index (χ1n) is 3.97. The number of rotatable bonds is 3. The maximum Gasteiger partial charge on any atom is 1.00 e. The molecule has 0 rings (SSSR count). The maximum atomic E-state index is 10.9. The third kappa shape index (κ3) is 11.6. The van der Waals surface area contributed by atoms with Crippen molar-refractivity contribution < 1.29 is 28.7 Å². The molecular weight excluding hydrogens is 161 g/mol. The van der Waals surface area contributed by atoms with Gasteiger partial charge in [-0.2, -0.15) is 0 Å². The van der Waals surface area contributed by atoms with Gasteiger partial charge in [-0.1, -0.05) is 26.8 Å². The molecule has 0 bridgehead atoms. The normalized spacial score (nSPS) is 11.8. The van der Waals surface area contributed by atoms with E-state index in [1.54, 1.807) is 6.08 Å². The van der Waals surface area contributed by atoms with Crippen molar-refractivity contribution in [3.05, 3.63) is 12.7 Å².